The monoisotopic (exact) mass is 223 g/mol. The number of hydrogen-bond donors (Lipinski definition) is 0. The van der Waals surface area contributed by atoms with Gasteiger partial charge in [-0.05, 0) is 47.9 Å². The molecule has 1 saturated carbocycles. The Morgan fingerprint density at radius 1 is 1.12 bits per heavy atom. The van der Waals surface area contributed by atoms with Crippen LogP contribution in [0, 0.1) is 0 Å². The second-order valence-corrected chi connectivity index (χ2v) is 4.84. The van der Waals surface area contributed by atoms with Gasteiger partial charge in [-0.15, -0.1) is 0 Å². The molecule has 0 radical (unpaired) electrons. The molecule has 0 saturated heterocycles. The van der Waals surface area contributed by atoms with Crippen molar-refractivity contribution in [1.82, 2.24) is 4.98 Å². The highest BCUT2D eigenvalue weighted by Crippen LogP contribution is 2.40. The molecule has 0 atom stereocenters. The Hall–Kier alpha value is -1.63. The van der Waals surface area contributed by atoms with Crippen LogP contribution >= 0.6 is 0 Å². The maximum atomic E-state index is 4.38. The molecular weight excluding hydrogens is 206 g/mol. The fourth-order valence-electron chi connectivity index (χ4n) is 2.23. The zero-order chi connectivity index (χ0) is 11.7. The Morgan fingerprint density at radius 3 is 2.76 bits per heavy atom. The van der Waals surface area contributed by atoms with E-state index in [1.165, 1.54) is 35.1 Å². The highest BCUT2D eigenvalue weighted by molar-refractivity contribution is 5.64. The van der Waals surface area contributed by atoms with Crippen molar-refractivity contribution < 1.29 is 0 Å². The predicted molar refractivity (Wildman–Crippen MR) is 71.0 cm³/mol. The summed E-state index contributed by atoms with van der Waals surface area (Å²) in [7, 11) is 0. The normalized spacial score (nSPS) is 14.9. The predicted octanol–water partition coefficient (Wildman–Crippen LogP) is 4.19. The molecule has 1 heteroatoms. The van der Waals surface area contributed by atoms with E-state index in [0.29, 0.717) is 0 Å². The van der Waals surface area contributed by atoms with Gasteiger partial charge in [-0.1, -0.05) is 31.2 Å². The molecule has 0 aliphatic heterocycles. The van der Waals surface area contributed by atoms with E-state index in [9.17, 15) is 0 Å². The second kappa shape index (κ2) is 4.33. The van der Waals surface area contributed by atoms with E-state index in [0.717, 1.165) is 12.3 Å². The largest absolute Gasteiger partial charge is 0.264 e. The second-order valence-electron chi connectivity index (χ2n) is 4.84. The van der Waals surface area contributed by atoms with Crippen LogP contribution in [-0.4, -0.2) is 4.98 Å². The number of rotatable bonds is 3. The van der Waals surface area contributed by atoms with Crippen molar-refractivity contribution in [2.75, 3.05) is 0 Å². The number of nitrogens with zero attached hydrogens (tertiary/aromatic N) is 1. The van der Waals surface area contributed by atoms with Gasteiger partial charge < -0.3 is 0 Å². The minimum atomic E-state index is 0.775. The molecule has 0 spiro atoms. The first-order valence-corrected chi connectivity index (χ1v) is 6.41. The SMILES string of the molecule is CCc1cccc(-c2cncc(C3CC3)c2)c1. The number of aromatic nitrogens is 1. The molecule has 17 heavy (non-hydrogen) atoms. The van der Waals surface area contributed by atoms with Crippen LogP contribution in [0.25, 0.3) is 11.1 Å². The Kier molecular flexibility index (Phi) is 2.68. The number of hydrogen-bond acceptors (Lipinski definition) is 1. The zero-order valence-electron chi connectivity index (χ0n) is 10.2. The van der Waals surface area contributed by atoms with E-state index in [4.69, 9.17) is 0 Å². The molecule has 86 valence electrons. The molecule has 1 heterocycles. The van der Waals surface area contributed by atoms with Crippen LogP contribution in [0.5, 0.6) is 0 Å². The van der Waals surface area contributed by atoms with Gasteiger partial charge >= 0.3 is 0 Å². The van der Waals surface area contributed by atoms with Crippen LogP contribution in [0.1, 0.15) is 36.8 Å². The third-order valence-corrected chi connectivity index (χ3v) is 3.48. The summed E-state index contributed by atoms with van der Waals surface area (Å²) in [5.41, 5.74) is 5.34. The van der Waals surface area contributed by atoms with Gasteiger partial charge in [0.2, 0.25) is 0 Å². The van der Waals surface area contributed by atoms with Crippen LogP contribution in [0.4, 0.5) is 0 Å². The molecule has 1 aromatic carbocycles. The van der Waals surface area contributed by atoms with E-state index in [-0.39, 0.29) is 0 Å². The van der Waals surface area contributed by atoms with E-state index in [1.807, 2.05) is 12.4 Å². The summed E-state index contributed by atoms with van der Waals surface area (Å²) >= 11 is 0. The quantitative estimate of drug-likeness (QED) is 0.760. The molecule has 1 aliphatic carbocycles. The van der Waals surface area contributed by atoms with Crippen LogP contribution in [-0.2, 0) is 6.42 Å². The zero-order valence-corrected chi connectivity index (χ0v) is 10.2. The van der Waals surface area contributed by atoms with Crippen LogP contribution in [0.15, 0.2) is 42.7 Å². The maximum absolute atomic E-state index is 4.38. The first kappa shape index (κ1) is 10.5. The molecular formula is C16H17N. The van der Waals surface area contributed by atoms with Crippen molar-refractivity contribution in [1.29, 1.82) is 0 Å². The summed E-state index contributed by atoms with van der Waals surface area (Å²) in [6, 6.07) is 11.1. The molecule has 0 N–H and O–H groups in total. The molecule has 1 aliphatic rings. The minimum absolute atomic E-state index is 0.775. The summed E-state index contributed by atoms with van der Waals surface area (Å²) in [5.74, 6) is 0.775. The van der Waals surface area contributed by atoms with Gasteiger partial charge in [-0.25, -0.2) is 0 Å². The molecule has 1 nitrogen and oxygen atoms in total. The standard InChI is InChI=1S/C16H17N/c1-2-12-4-3-5-14(8-12)16-9-15(10-17-11-16)13-6-7-13/h3-5,8-11,13H,2,6-7H2,1H3. The number of benzene rings is 1. The Bertz CT molecular complexity index is 527. The Balaban J connectivity index is 1.98. The minimum Gasteiger partial charge on any atom is -0.264 e. The highest BCUT2D eigenvalue weighted by atomic mass is 14.6. The van der Waals surface area contributed by atoms with Gasteiger partial charge in [0.1, 0.15) is 0 Å². The molecule has 1 fully saturated rings. The third-order valence-electron chi connectivity index (χ3n) is 3.48. The van der Waals surface area contributed by atoms with Gasteiger partial charge in [-0.2, -0.15) is 0 Å². The highest BCUT2D eigenvalue weighted by Gasteiger charge is 2.23. The molecule has 0 bridgehead atoms. The fraction of sp³-hybridized carbons (Fsp3) is 0.312. The smallest absolute Gasteiger partial charge is 0.0346 e. The van der Waals surface area contributed by atoms with Gasteiger partial charge in [0.25, 0.3) is 0 Å². The Morgan fingerprint density at radius 2 is 2.00 bits per heavy atom. The lowest BCUT2D eigenvalue weighted by atomic mass is 10.0. The summed E-state index contributed by atoms with van der Waals surface area (Å²) < 4.78 is 0. The molecule has 0 amide bonds. The first-order valence-electron chi connectivity index (χ1n) is 6.41. The van der Waals surface area contributed by atoms with Gasteiger partial charge in [0, 0.05) is 18.0 Å². The Labute approximate surface area is 103 Å². The van der Waals surface area contributed by atoms with Crippen LogP contribution in [0.2, 0.25) is 0 Å². The van der Waals surface area contributed by atoms with Crippen molar-refractivity contribution in [3.63, 3.8) is 0 Å². The first-order chi connectivity index (χ1) is 8.36. The van der Waals surface area contributed by atoms with Gasteiger partial charge in [0.15, 0.2) is 0 Å². The topological polar surface area (TPSA) is 12.9 Å². The van der Waals surface area contributed by atoms with E-state index in [2.05, 4.69) is 42.2 Å². The van der Waals surface area contributed by atoms with Crippen molar-refractivity contribution in [3.8, 4) is 11.1 Å². The summed E-state index contributed by atoms with van der Waals surface area (Å²) in [4.78, 5) is 4.38. The molecule has 2 aromatic rings. The summed E-state index contributed by atoms with van der Waals surface area (Å²) in [6.07, 6.45) is 7.75. The summed E-state index contributed by atoms with van der Waals surface area (Å²) in [6.45, 7) is 2.19. The van der Waals surface area contributed by atoms with Gasteiger partial charge in [0.05, 0.1) is 0 Å². The molecule has 3 rings (SSSR count). The van der Waals surface area contributed by atoms with E-state index < -0.39 is 0 Å². The lowest BCUT2D eigenvalue weighted by Crippen LogP contribution is -1.87. The van der Waals surface area contributed by atoms with Crippen molar-refractivity contribution in [2.45, 2.75) is 32.1 Å². The van der Waals surface area contributed by atoms with Crippen molar-refractivity contribution in [3.05, 3.63) is 53.9 Å². The lowest BCUT2D eigenvalue weighted by molar-refractivity contribution is 1.09. The van der Waals surface area contributed by atoms with Gasteiger partial charge in [-0.3, -0.25) is 4.98 Å². The lowest BCUT2D eigenvalue weighted by Gasteiger charge is -2.05. The van der Waals surface area contributed by atoms with E-state index >= 15 is 0 Å². The maximum Gasteiger partial charge on any atom is 0.0346 e. The summed E-state index contributed by atoms with van der Waals surface area (Å²) in [5, 5.41) is 0. The third kappa shape index (κ3) is 2.23. The van der Waals surface area contributed by atoms with Crippen LogP contribution < -0.4 is 0 Å². The van der Waals surface area contributed by atoms with Crippen molar-refractivity contribution in [2.24, 2.45) is 0 Å². The fourth-order valence-corrected chi connectivity index (χ4v) is 2.23. The molecule has 0 unspecified atom stereocenters. The number of pyridine rings is 1. The van der Waals surface area contributed by atoms with Crippen LogP contribution in [0.3, 0.4) is 0 Å². The van der Waals surface area contributed by atoms with Crippen molar-refractivity contribution >= 4 is 0 Å². The average Bonchev–Trinajstić information content (AvgIpc) is 3.23. The molecule has 1 aromatic heterocycles. The van der Waals surface area contributed by atoms with E-state index in [1.54, 1.807) is 0 Å². The average molecular weight is 223 g/mol. The number of aryl methyl sites for hydroxylation is 1.